The molecule has 0 radical (unpaired) electrons. The third-order valence-corrected chi connectivity index (χ3v) is 3.74. The molecular formula is C16H22BrN5. The van der Waals surface area contributed by atoms with Crippen molar-refractivity contribution in [2.75, 3.05) is 37.8 Å². The predicted octanol–water partition coefficient (Wildman–Crippen LogP) is 3.57. The molecule has 2 aromatic rings. The van der Waals surface area contributed by atoms with Gasteiger partial charge in [-0.15, -0.1) is 0 Å². The molecule has 2 rings (SSSR count). The molecule has 0 atom stereocenters. The smallest absolute Gasteiger partial charge is 0.224 e. The quantitative estimate of drug-likeness (QED) is 0.821. The first-order chi connectivity index (χ1) is 10.4. The molecule has 1 aromatic heterocycles. The fourth-order valence-electron chi connectivity index (χ4n) is 1.96. The van der Waals surface area contributed by atoms with Crippen molar-refractivity contribution < 1.29 is 0 Å². The minimum absolute atomic E-state index is 0.646. The number of hydrogen-bond acceptors (Lipinski definition) is 5. The summed E-state index contributed by atoms with van der Waals surface area (Å²) < 4.78 is 1.02. The first-order valence-electron chi connectivity index (χ1n) is 7.21. The van der Waals surface area contributed by atoms with E-state index in [1.54, 1.807) is 0 Å². The molecule has 0 saturated carbocycles. The SMILES string of the molecule is Cc1ccc(Nc2cc(C)nc(NCCN(C)C)n2)c(Br)c1. The first kappa shape index (κ1) is 16.7. The van der Waals surface area contributed by atoms with Crippen LogP contribution in [-0.2, 0) is 0 Å². The predicted molar refractivity (Wildman–Crippen MR) is 96.0 cm³/mol. The van der Waals surface area contributed by atoms with Crippen molar-refractivity contribution >= 4 is 33.4 Å². The lowest BCUT2D eigenvalue weighted by atomic mass is 10.2. The van der Waals surface area contributed by atoms with Crippen LogP contribution in [-0.4, -0.2) is 42.1 Å². The van der Waals surface area contributed by atoms with Crippen molar-refractivity contribution in [3.05, 3.63) is 40.0 Å². The topological polar surface area (TPSA) is 53.1 Å². The molecule has 0 aliphatic carbocycles. The van der Waals surface area contributed by atoms with Crippen LogP contribution in [0, 0.1) is 13.8 Å². The Bertz CT molecular complexity index is 642. The highest BCUT2D eigenvalue weighted by Gasteiger charge is 2.05. The maximum Gasteiger partial charge on any atom is 0.224 e. The Morgan fingerprint density at radius 2 is 1.91 bits per heavy atom. The number of aromatic nitrogens is 2. The molecule has 1 heterocycles. The van der Waals surface area contributed by atoms with Gasteiger partial charge in [-0.1, -0.05) is 6.07 Å². The van der Waals surface area contributed by atoms with E-state index in [2.05, 4.69) is 60.5 Å². The highest BCUT2D eigenvalue weighted by Crippen LogP contribution is 2.26. The molecule has 22 heavy (non-hydrogen) atoms. The Morgan fingerprint density at radius 3 is 2.59 bits per heavy atom. The fraction of sp³-hybridized carbons (Fsp3) is 0.375. The van der Waals surface area contributed by atoms with Crippen LogP contribution in [0.4, 0.5) is 17.5 Å². The van der Waals surface area contributed by atoms with Gasteiger partial charge in [-0.3, -0.25) is 0 Å². The van der Waals surface area contributed by atoms with E-state index >= 15 is 0 Å². The summed E-state index contributed by atoms with van der Waals surface area (Å²) in [6.45, 7) is 5.78. The number of benzene rings is 1. The van der Waals surface area contributed by atoms with Crippen LogP contribution in [0.3, 0.4) is 0 Å². The van der Waals surface area contributed by atoms with Crippen LogP contribution in [0.25, 0.3) is 0 Å². The van der Waals surface area contributed by atoms with Crippen LogP contribution >= 0.6 is 15.9 Å². The highest BCUT2D eigenvalue weighted by atomic mass is 79.9. The second-order valence-corrected chi connectivity index (χ2v) is 6.41. The van der Waals surface area contributed by atoms with Gasteiger partial charge in [0, 0.05) is 29.3 Å². The van der Waals surface area contributed by atoms with E-state index in [4.69, 9.17) is 0 Å². The maximum absolute atomic E-state index is 4.52. The minimum atomic E-state index is 0.646. The second-order valence-electron chi connectivity index (χ2n) is 5.56. The molecule has 0 unspecified atom stereocenters. The number of rotatable bonds is 6. The zero-order chi connectivity index (χ0) is 16.1. The molecule has 0 spiro atoms. The number of hydrogen-bond donors (Lipinski definition) is 2. The van der Waals surface area contributed by atoms with Gasteiger partial charge in [0.25, 0.3) is 0 Å². The summed E-state index contributed by atoms with van der Waals surface area (Å²) in [7, 11) is 4.08. The lowest BCUT2D eigenvalue weighted by molar-refractivity contribution is 0.425. The molecule has 2 N–H and O–H groups in total. The van der Waals surface area contributed by atoms with Gasteiger partial charge < -0.3 is 15.5 Å². The fourth-order valence-corrected chi connectivity index (χ4v) is 2.55. The average molecular weight is 364 g/mol. The summed E-state index contributed by atoms with van der Waals surface area (Å²) >= 11 is 3.57. The van der Waals surface area contributed by atoms with E-state index in [-0.39, 0.29) is 0 Å². The number of nitrogens with one attached hydrogen (secondary N) is 2. The molecular weight excluding hydrogens is 342 g/mol. The molecule has 0 bridgehead atoms. The van der Waals surface area contributed by atoms with Crippen LogP contribution in [0.2, 0.25) is 0 Å². The van der Waals surface area contributed by atoms with Crippen LogP contribution < -0.4 is 10.6 Å². The van der Waals surface area contributed by atoms with Gasteiger partial charge >= 0.3 is 0 Å². The average Bonchev–Trinajstić information content (AvgIpc) is 2.41. The maximum atomic E-state index is 4.52. The number of aryl methyl sites for hydroxylation is 2. The van der Waals surface area contributed by atoms with Crippen LogP contribution in [0.1, 0.15) is 11.3 Å². The summed E-state index contributed by atoms with van der Waals surface area (Å²) in [5.74, 6) is 1.43. The Kier molecular flexibility index (Phi) is 5.74. The van der Waals surface area contributed by atoms with Gasteiger partial charge in [0.1, 0.15) is 5.82 Å². The molecule has 0 saturated heterocycles. The van der Waals surface area contributed by atoms with E-state index in [0.29, 0.717) is 5.95 Å². The Morgan fingerprint density at radius 1 is 1.14 bits per heavy atom. The van der Waals surface area contributed by atoms with Crippen molar-refractivity contribution in [1.82, 2.24) is 14.9 Å². The number of anilines is 3. The lowest BCUT2D eigenvalue weighted by Crippen LogP contribution is -2.21. The summed E-state index contributed by atoms with van der Waals surface area (Å²) in [5, 5.41) is 6.58. The summed E-state index contributed by atoms with van der Waals surface area (Å²) in [6, 6.07) is 8.11. The molecule has 118 valence electrons. The van der Waals surface area contributed by atoms with E-state index in [9.17, 15) is 0 Å². The minimum Gasteiger partial charge on any atom is -0.353 e. The molecule has 0 aliphatic heterocycles. The van der Waals surface area contributed by atoms with Crippen molar-refractivity contribution in [3.8, 4) is 0 Å². The molecule has 1 aromatic carbocycles. The third kappa shape index (κ3) is 4.96. The van der Waals surface area contributed by atoms with Gasteiger partial charge in [-0.05, 0) is 61.6 Å². The van der Waals surface area contributed by atoms with Crippen LogP contribution in [0.15, 0.2) is 28.7 Å². The van der Waals surface area contributed by atoms with Crippen molar-refractivity contribution in [2.45, 2.75) is 13.8 Å². The van der Waals surface area contributed by atoms with E-state index in [1.165, 1.54) is 5.56 Å². The van der Waals surface area contributed by atoms with Gasteiger partial charge in [-0.25, -0.2) is 4.98 Å². The van der Waals surface area contributed by atoms with Crippen molar-refractivity contribution in [1.29, 1.82) is 0 Å². The summed E-state index contributed by atoms with van der Waals surface area (Å²) in [6.07, 6.45) is 0. The molecule has 5 nitrogen and oxygen atoms in total. The first-order valence-corrected chi connectivity index (χ1v) is 8.01. The summed E-state index contributed by atoms with van der Waals surface area (Å²) in [5.41, 5.74) is 3.12. The lowest BCUT2D eigenvalue weighted by Gasteiger charge is -2.13. The molecule has 6 heteroatoms. The largest absolute Gasteiger partial charge is 0.353 e. The zero-order valence-electron chi connectivity index (χ0n) is 13.4. The number of halogens is 1. The van der Waals surface area contributed by atoms with Gasteiger partial charge in [0.2, 0.25) is 5.95 Å². The normalized spacial score (nSPS) is 10.8. The zero-order valence-corrected chi connectivity index (χ0v) is 15.0. The Hall–Kier alpha value is -1.66. The standard InChI is InChI=1S/C16H22BrN5/c1-11-5-6-14(13(17)9-11)20-15-10-12(2)19-16(21-15)18-7-8-22(3)4/h5-6,9-10H,7-8H2,1-4H3,(H2,18,19,20,21). The van der Waals surface area contributed by atoms with Gasteiger partial charge in [0.05, 0.1) is 5.69 Å². The number of nitrogens with zero attached hydrogens (tertiary/aromatic N) is 3. The second kappa shape index (κ2) is 7.56. The van der Waals surface area contributed by atoms with E-state index < -0.39 is 0 Å². The van der Waals surface area contributed by atoms with Crippen molar-refractivity contribution in [2.24, 2.45) is 0 Å². The molecule has 0 aliphatic rings. The summed E-state index contributed by atoms with van der Waals surface area (Å²) in [4.78, 5) is 11.0. The molecule has 0 amide bonds. The third-order valence-electron chi connectivity index (χ3n) is 3.08. The monoisotopic (exact) mass is 363 g/mol. The molecule has 0 fully saturated rings. The van der Waals surface area contributed by atoms with Gasteiger partial charge in [0.15, 0.2) is 0 Å². The van der Waals surface area contributed by atoms with Gasteiger partial charge in [-0.2, -0.15) is 4.98 Å². The highest BCUT2D eigenvalue weighted by molar-refractivity contribution is 9.10. The van der Waals surface area contributed by atoms with E-state index in [1.807, 2.05) is 33.2 Å². The van der Waals surface area contributed by atoms with Crippen molar-refractivity contribution in [3.63, 3.8) is 0 Å². The number of likely N-dealkylation sites (N-methyl/N-ethyl adjacent to an activating group) is 1. The van der Waals surface area contributed by atoms with E-state index in [0.717, 1.165) is 34.8 Å². The van der Waals surface area contributed by atoms with Crippen LogP contribution in [0.5, 0.6) is 0 Å². The Labute approximate surface area is 140 Å². The Balaban J connectivity index is 2.12.